The molecule has 0 saturated carbocycles. The van der Waals surface area contributed by atoms with Crippen molar-refractivity contribution in [2.45, 2.75) is 7.43 Å². The minimum Gasteiger partial charge on any atom is -0.222 e. The lowest BCUT2D eigenvalue weighted by atomic mass is 10.1. The van der Waals surface area contributed by atoms with Crippen molar-refractivity contribution >= 4 is 18.2 Å². The van der Waals surface area contributed by atoms with Gasteiger partial charge in [0.15, 0.2) is 0 Å². The summed E-state index contributed by atoms with van der Waals surface area (Å²) in [6.45, 7) is 0. The van der Waals surface area contributed by atoms with Crippen molar-refractivity contribution < 1.29 is 14.4 Å². The number of rotatable bonds is 1. The van der Waals surface area contributed by atoms with Gasteiger partial charge in [-0.15, -0.1) is 0 Å². The molecule has 0 unspecified atom stereocenters. The van der Waals surface area contributed by atoms with Gasteiger partial charge in [-0.2, -0.15) is 0 Å². The Morgan fingerprint density at radius 3 is 0.909 bits per heavy atom. The molecule has 22 heavy (non-hydrogen) atoms. The Kier molecular flexibility index (Phi) is 21.4. The van der Waals surface area contributed by atoms with Crippen LogP contribution in [0.1, 0.15) is 7.43 Å². The molecular weight excluding hydrogens is 282 g/mol. The summed E-state index contributed by atoms with van der Waals surface area (Å²) < 4.78 is 0. The Morgan fingerprint density at radius 2 is 0.727 bits per heavy atom. The van der Waals surface area contributed by atoms with E-state index in [0.717, 1.165) is 18.2 Å². The zero-order valence-electron chi connectivity index (χ0n) is 11.0. The summed E-state index contributed by atoms with van der Waals surface area (Å²) in [4.78, 5) is 25.0. The molecule has 2 aromatic carbocycles. The molecule has 0 atom stereocenters. The van der Waals surface area contributed by atoms with Gasteiger partial charge in [0.1, 0.15) is 0 Å². The van der Waals surface area contributed by atoms with E-state index in [1.807, 2.05) is 12.1 Å². The largest absolute Gasteiger partial charge is 0.231 e. The lowest BCUT2D eigenvalue weighted by molar-refractivity contribution is 0.562. The molecule has 0 fully saturated rings. The molecule has 3 N–H and O–H groups in total. The van der Waals surface area contributed by atoms with Crippen LogP contribution >= 0.6 is 0 Å². The first kappa shape index (κ1) is 23.7. The van der Waals surface area contributed by atoms with Crippen molar-refractivity contribution in [3.8, 4) is 11.1 Å². The summed E-state index contributed by atoms with van der Waals surface area (Å²) in [6.07, 6.45) is 2.25. The maximum absolute atomic E-state index is 8.35. The van der Waals surface area contributed by atoms with Gasteiger partial charge in [0, 0.05) is 0 Å². The molecule has 0 aliphatic carbocycles. The second-order valence-corrected chi connectivity index (χ2v) is 3.04. The van der Waals surface area contributed by atoms with Crippen molar-refractivity contribution in [2.75, 3.05) is 0 Å². The van der Waals surface area contributed by atoms with Crippen LogP contribution in [0.15, 0.2) is 60.7 Å². The standard InChI is InChI=1S/C12H10.3CHNO.CH4/c1-3-7-11(8-4-1)12-9-5-2-6-10-12;3*2-1-3;/h1-10H;3*2H;1H4. The van der Waals surface area contributed by atoms with E-state index in [-0.39, 0.29) is 7.43 Å². The highest BCUT2D eigenvalue weighted by atomic mass is 16.1. The molecule has 0 bridgehead atoms. The van der Waals surface area contributed by atoms with Gasteiger partial charge in [0.2, 0.25) is 18.2 Å². The number of isocyanates is 3. The third-order valence-electron chi connectivity index (χ3n) is 1.88. The predicted octanol–water partition coefficient (Wildman–Crippen LogP) is 3.69. The Morgan fingerprint density at radius 1 is 0.545 bits per heavy atom. The molecule has 2 aromatic rings. The van der Waals surface area contributed by atoms with Crippen molar-refractivity contribution in [1.82, 2.24) is 0 Å². The third-order valence-corrected chi connectivity index (χ3v) is 1.88. The Labute approximate surface area is 129 Å². The fourth-order valence-corrected chi connectivity index (χ4v) is 1.26. The van der Waals surface area contributed by atoms with Gasteiger partial charge >= 0.3 is 0 Å². The summed E-state index contributed by atoms with van der Waals surface area (Å²) >= 11 is 0. The second-order valence-electron chi connectivity index (χ2n) is 3.04. The SMILES string of the molecule is C.N=C=O.N=C=O.N=C=O.c1ccc(-c2ccccc2)cc1. The van der Waals surface area contributed by atoms with E-state index in [4.69, 9.17) is 30.6 Å². The van der Waals surface area contributed by atoms with Gasteiger partial charge in [-0.25, -0.2) is 30.6 Å². The normalized spacial score (nSPS) is 6.36. The zero-order chi connectivity index (χ0) is 16.3. The number of carbonyl (C=O) groups excluding carboxylic acids is 3. The van der Waals surface area contributed by atoms with E-state index >= 15 is 0 Å². The van der Waals surface area contributed by atoms with Crippen LogP contribution in [0.3, 0.4) is 0 Å². The maximum atomic E-state index is 8.35. The van der Waals surface area contributed by atoms with Gasteiger partial charge in [0.05, 0.1) is 0 Å². The maximum Gasteiger partial charge on any atom is 0.231 e. The van der Waals surface area contributed by atoms with Crippen LogP contribution in [0, 0.1) is 16.2 Å². The topological polar surface area (TPSA) is 123 Å². The van der Waals surface area contributed by atoms with Crippen LogP contribution in [0.4, 0.5) is 0 Å². The quantitative estimate of drug-likeness (QED) is 0.549. The highest BCUT2D eigenvalue weighted by molar-refractivity contribution is 5.62. The van der Waals surface area contributed by atoms with Crippen molar-refractivity contribution in [1.29, 1.82) is 16.2 Å². The monoisotopic (exact) mass is 299 g/mol. The van der Waals surface area contributed by atoms with Crippen LogP contribution in [0.2, 0.25) is 0 Å². The molecule has 0 aliphatic rings. The van der Waals surface area contributed by atoms with E-state index in [0.29, 0.717) is 0 Å². The van der Waals surface area contributed by atoms with Crippen LogP contribution in [-0.2, 0) is 14.4 Å². The first-order valence-electron chi connectivity index (χ1n) is 5.43. The molecule has 0 radical (unpaired) electrons. The summed E-state index contributed by atoms with van der Waals surface area (Å²) in [7, 11) is 0. The molecule has 0 saturated heterocycles. The minimum absolute atomic E-state index is 0. The molecule has 0 spiro atoms. The van der Waals surface area contributed by atoms with Gasteiger partial charge < -0.3 is 0 Å². The van der Waals surface area contributed by atoms with Crippen LogP contribution < -0.4 is 0 Å². The fourth-order valence-electron chi connectivity index (χ4n) is 1.26. The smallest absolute Gasteiger partial charge is 0.222 e. The Balaban J connectivity index is -0.000000307. The second kappa shape index (κ2) is 19.9. The summed E-state index contributed by atoms with van der Waals surface area (Å²) in [6, 6.07) is 20.8. The number of benzene rings is 2. The van der Waals surface area contributed by atoms with E-state index < -0.39 is 0 Å². The lowest BCUT2D eigenvalue weighted by Gasteiger charge is -1.98. The van der Waals surface area contributed by atoms with Gasteiger partial charge in [-0.05, 0) is 11.1 Å². The van der Waals surface area contributed by atoms with E-state index in [1.165, 1.54) is 11.1 Å². The molecule has 0 heterocycles. The predicted molar refractivity (Wildman–Crippen MR) is 83.8 cm³/mol. The van der Waals surface area contributed by atoms with E-state index in [2.05, 4.69) is 48.5 Å². The first-order chi connectivity index (χ1) is 10.2. The van der Waals surface area contributed by atoms with Crippen LogP contribution in [0.25, 0.3) is 11.1 Å². The van der Waals surface area contributed by atoms with Gasteiger partial charge in [-0.3, -0.25) is 0 Å². The third kappa shape index (κ3) is 14.6. The average molecular weight is 299 g/mol. The van der Waals surface area contributed by atoms with Crippen LogP contribution in [-0.4, -0.2) is 18.2 Å². The molecule has 0 amide bonds. The summed E-state index contributed by atoms with van der Waals surface area (Å²) in [5.74, 6) is 0. The number of hydrogen-bond donors (Lipinski definition) is 3. The molecule has 0 aromatic heterocycles. The van der Waals surface area contributed by atoms with E-state index in [9.17, 15) is 0 Å². The van der Waals surface area contributed by atoms with Gasteiger partial charge in [0.25, 0.3) is 0 Å². The summed E-state index contributed by atoms with van der Waals surface area (Å²) in [5, 5.41) is 16.2. The molecule has 0 aliphatic heterocycles. The number of nitrogens with one attached hydrogen (secondary N) is 3. The summed E-state index contributed by atoms with van der Waals surface area (Å²) in [5.41, 5.74) is 2.55. The van der Waals surface area contributed by atoms with Crippen molar-refractivity contribution in [2.24, 2.45) is 0 Å². The fraction of sp³-hybridized carbons (Fsp3) is 0.0625. The highest BCUT2D eigenvalue weighted by Crippen LogP contribution is 2.17. The molecule has 6 heteroatoms. The minimum atomic E-state index is 0. The zero-order valence-corrected chi connectivity index (χ0v) is 11.0. The Hall–Kier alpha value is -3.42. The average Bonchev–Trinajstić information content (AvgIpc) is 2.51. The Bertz CT molecular complexity index is 515. The molecular formula is C16H17N3O3. The van der Waals surface area contributed by atoms with Gasteiger partial charge in [-0.1, -0.05) is 68.1 Å². The molecule has 2 rings (SSSR count). The molecule has 114 valence electrons. The van der Waals surface area contributed by atoms with Crippen LogP contribution in [0.5, 0.6) is 0 Å². The lowest BCUT2D eigenvalue weighted by Crippen LogP contribution is -1.73. The van der Waals surface area contributed by atoms with Crippen molar-refractivity contribution in [3.05, 3.63) is 60.7 Å². The van der Waals surface area contributed by atoms with E-state index in [1.54, 1.807) is 0 Å². The highest BCUT2D eigenvalue weighted by Gasteiger charge is 1.91. The first-order valence-corrected chi connectivity index (χ1v) is 5.43. The van der Waals surface area contributed by atoms with Crippen molar-refractivity contribution in [3.63, 3.8) is 0 Å². The molecule has 6 nitrogen and oxygen atoms in total. The number of hydrogen-bond acceptors (Lipinski definition) is 6.